The largest absolute Gasteiger partial charge is 0.286 e. The molecule has 0 aromatic rings. The molecule has 0 amide bonds. The van der Waals surface area contributed by atoms with Gasteiger partial charge in [0.2, 0.25) is 5.12 Å². The molecule has 50 valence electrons. The molecule has 0 N–H and O–H groups in total. The molecule has 1 aliphatic carbocycles. The average molecular weight is 160 g/mol. The summed E-state index contributed by atoms with van der Waals surface area (Å²) in [5.41, 5.74) is 0. The predicted molar refractivity (Wildman–Crippen MR) is 41.3 cm³/mol. The van der Waals surface area contributed by atoms with Crippen molar-refractivity contribution in [2.24, 2.45) is 5.92 Å². The van der Waals surface area contributed by atoms with E-state index in [-0.39, 0.29) is 0 Å². The summed E-state index contributed by atoms with van der Waals surface area (Å²) < 4.78 is 0. The second kappa shape index (κ2) is 2.20. The Morgan fingerprint density at radius 3 is 3.11 bits per heavy atom. The highest BCUT2D eigenvalue weighted by molar-refractivity contribution is 8.83. The fraction of sp³-hybridized carbons (Fsp3) is 0.833. The van der Waals surface area contributed by atoms with Crippen LogP contribution in [0.3, 0.4) is 0 Å². The Labute approximate surface area is 62.4 Å². The van der Waals surface area contributed by atoms with E-state index in [1.165, 1.54) is 23.6 Å². The van der Waals surface area contributed by atoms with Crippen LogP contribution < -0.4 is 0 Å². The number of hydrogen-bond acceptors (Lipinski definition) is 3. The molecule has 1 aliphatic heterocycles. The van der Waals surface area contributed by atoms with Gasteiger partial charge in [-0.2, -0.15) is 0 Å². The van der Waals surface area contributed by atoms with Crippen molar-refractivity contribution in [2.75, 3.05) is 0 Å². The molecule has 0 spiro atoms. The highest BCUT2D eigenvalue weighted by Gasteiger charge is 2.39. The first-order valence-electron chi connectivity index (χ1n) is 3.25. The molecule has 3 heteroatoms. The lowest BCUT2D eigenvalue weighted by atomic mass is 10.1. The van der Waals surface area contributed by atoms with Gasteiger partial charge in [-0.25, -0.2) is 0 Å². The minimum Gasteiger partial charge on any atom is -0.286 e. The van der Waals surface area contributed by atoms with E-state index in [0.717, 1.165) is 6.42 Å². The van der Waals surface area contributed by atoms with E-state index >= 15 is 0 Å². The highest BCUT2D eigenvalue weighted by atomic mass is 33.1. The molecular weight excluding hydrogens is 152 g/mol. The van der Waals surface area contributed by atoms with Gasteiger partial charge in [0.25, 0.3) is 0 Å². The molecule has 1 saturated carbocycles. The molecule has 1 heterocycles. The Bertz CT molecular complexity index is 146. The number of rotatable bonds is 0. The third-order valence-electron chi connectivity index (χ3n) is 2.01. The lowest BCUT2D eigenvalue weighted by molar-refractivity contribution is -0.113. The Morgan fingerprint density at radius 1 is 1.44 bits per heavy atom. The molecule has 2 fully saturated rings. The van der Waals surface area contributed by atoms with Crippen LogP contribution in [0.25, 0.3) is 0 Å². The molecule has 2 rings (SSSR count). The first kappa shape index (κ1) is 6.10. The lowest BCUT2D eigenvalue weighted by Crippen LogP contribution is -2.09. The van der Waals surface area contributed by atoms with E-state index in [1.54, 1.807) is 10.8 Å². The molecule has 0 radical (unpaired) electrons. The number of carbonyl (C=O) groups is 1. The summed E-state index contributed by atoms with van der Waals surface area (Å²) in [7, 11) is 3.26. The predicted octanol–water partition coefficient (Wildman–Crippen LogP) is 2.08. The highest BCUT2D eigenvalue weighted by Crippen LogP contribution is 2.50. The van der Waals surface area contributed by atoms with Crippen molar-refractivity contribution in [3.8, 4) is 0 Å². The number of carbonyl (C=O) groups excluding carboxylic acids is 1. The van der Waals surface area contributed by atoms with Crippen LogP contribution in [-0.2, 0) is 4.79 Å². The average Bonchev–Trinajstić information content (AvgIpc) is 2.35. The zero-order valence-corrected chi connectivity index (χ0v) is 6.63. The maximum Gasteiger partial charge on any atom is 0.203 e. The van der Waals surface area contributed by atoms with E-state index in [1.807, 2.05) is 0 Å². The van der Waals surface area contributed by atoms with Crippen LogP contribution in [-0.4, -0.2) is 10.4 Å². The van der Waals surface area contributed by atoms with Gasteiger partial charge in [-0.05, 0) is 23.6 Å². The molecule has 1 saturated heterocycles. The smallest absolute Gasteiger partial charge is 0.203 e. The SMILES string of the molecule is O=C1SS[C@@H]2CCC[C@@H]12. The lowest BCUT2D eigenvalue weighted by Gasteiger charge is -2.00. The van der Waals surface area contributed by atoms with Crippen molar-refractivity contribution in [1.82, 2.24) is 0 Å². The third-order valence-corrected chi connectivity index (χ3v) is 4.91. The van der Waals surface area contributed by atoms with Crippen LogP contribution in [0, 0.1) is 5.92 Å². The van der Waals surface area contributed by atoms with Gasteiger partial charge in [0.05, 0.1) is 0 Å². The van der Waals surface area contributed by atoms with Crippen LogP contribution in [0.5, 0.6) is 0 Å². The van der Waals surface area contributed by atoms with E-state index in [0.29, 0.717) is 16.3 Å². The Balaban J connectivity index is 2.15. The molecule has 2 aliphatic rings. The molecule has 9 heavy (non-hydrogen) atoms. The minimum absolute atomic E-state index is 0.431. The van der Waals surface area contributed by atoms with Crippen LogP contribution >= 0.6 is 21.6 Å². The zero-order chi connectivity index (χ0) is 6.27. The summed E-state index contributed by atoms with van der Waals surface area (Å²) >= 11 is 0. The van der Waals surface area contributed by atoms with E-state index in [9.17, 15) is 4.79 Å². The summed E-state index contributed by atoms with van der Waals surface area (Å²) in [4.78, 5) is 11.0. The van der Waals surface area contributed by atoms with Crippen LogP contribution in [0.2, 0.25) is 0 Å². The minimum atomic E-state index is 0.431. The first-order valence-corrected chi connectivity index (χ1v) is 5.46. The Hall–Kier alpha value is 0.370. The molecule has 0 aromatic carbocycles. The Kier molecular flexibility index (Phi) is 1.49. The van der Waals surface area contributed by atoms with E-state index in [2.05, 4.69) is 0 Å². The summed E-state index contributed by atoms with van der Waals surface area (Å²) in [5, 5.41) is 1.12. The van der Waals surface area contributed by atoms with Gasteiger partial charge in [0.15, 0.2) is 0 Å². The van der Waals surface area contributed by atoms with Gasteiger partial charge in [-0.1, -0.05) is 17.2 Å². The van der Waals surface area contributed by atoms with Crippen molar-refractivity contribution in [3.05, 3.63) is 0 Å². The van der Waals surface area contributed by atoms with Gasteiger partial charge >= 0.3 is 0 Å². The van der Waals surface area contributed by atoms with Crippen LogP contribution in [0.1, 0.15) is 19.3 Å². The fourth-order valence-electron chi connectivity index (χ4n) is 1.48. The summed E-state index contributed by atoms with van der Waals surface area (Å²) in [6, 6.07) is 0. The van der Waals surface area contributed by atoms with Crippen LogP contribution in [0.4, 0.5) is 0 Å². The summed E-state index contributed by atoms with van der Waals surface area (Å²) in [5.74, 6) is 0.431. The first-order chi connectivity index (χ1) is 4.38. The van der Waals surface area contributed by atoms with Crippen LogP contribution in [0.15, 0.2) is 0 Å². The number of hydrogen-bond donors (Lipinski definition) is 0. The van der Waals surface area contributed by atoms with E-state index < -0.39 is 0 Å². The van der Waals surface area contributed by atoms with Crippen molar-refractivity contribution in [2.45, 2.75) is 24.5 Å². The van der Waals surface area contributed by atoms with Gasteiger partial charge < -0.3 is 0 Å². The van der Waals surface area contributed by atoms with Crippen molar-refractivity contribution in [1.29, 1.82) is 0 Å². The number of fused-ring (bicyclic) bond motifs is 1. The molecule has 0 unspecified atom stereocenters. The molecule has 2 atom stereocenters. The Morgan fingerprint density at radius 2 is 2.33 bits per heavy atom. The monoisotopic (exact) mass is 160 g/mol. The maximum absolute atomic E-state index is 11.0. The summed E-state index contributed by atoms with van der Waals surface area (Å²) in [6.07, 6.45) is 3.70. The zero-order valence-electron chi connectivity index (χ0n) is 5.00. The molecule has 0 bridgehead atoms. The summed E-state index contributed by atoms with van der Waals surface area (Å²) in [6.45, 7) is 0. The van der Waals surface area contributed by atoms with Gasteiger partial charge in [0.1, 0.15) is 0 Å². The standard InChI is InChI=1S/C6H8OS2/c7-6-4-2-1-3-5(4)8-9-6/h4-5H,1-3H2/t4-,5-/m1/s1. The quantitative estimate of drug-likeness (QED) is 0.505. The molecular formula is C6H8OS2. The van der Waals surface area contributed by atoms with Crippen molar-refractivity contribution in [3.63, 3.8) is 0 Å². The maximum atomic E-state index is 11.0. The second-order valence-corrected chi connectivity index (χ2v) is 5.02. The molecule has 0 aromatic heterocycles. The molecule has 1 nitrogen and oxygen atoms in total. The van der Waals surface area contributed by atoms with Crippen molar-refractivity contribution < 1.29 is 4.79 Å². The third kappa shape index (κ3) is 0.905. The normalized spacial score (nSPS) is 41.6. The van der Waals surface area contributed by atoms with Gasteiger partial charge in [-0.3, -0.25) is 4.79 Å². The van der Waals surface area contributed by atoms with Gasteiger partial charge in [0, 0.05) is 11.2 Å². The van der Waals surface area contributed by atoms with Gasteiger partial charge in [-0.15, -0.1) is 0 Å². The van der Waals surface area contributed by atoms with Crippen molar-refractivity contribution >= 4 is 26.7 Å². The van der Waals surface area contributed by atoms with E-state index in [4.69, 9.17) is 0 Å². The second-order valence-electron chi connectivity index (χ2n) is 2.57. The topological polar surface area (TPSA) is 17.1 Å². The fourth-order valence-corrected chi connectivity index (χ4v) is 4.57.